The Bertz CT molecular complexity index is 611. The zero-order valence-corrected chi connectivity index (χ0v) is 9.33. The molecule has 0 aliphatic carbocycles. The third-order valence-corrected chi connectivity index (χ3v) is 2.30. The van der Waals surface area contributed by atoms with Gasteiger partial charge >= 0.3 is 0 Å². The van der Waals surface area contributed by atoms with Crippen molar-refractivity contribution >= 4 is 17.5 Å². The van der Waals surface area contributed by atoms with E-state index in [2.05, 4.69) is 9.97 Å². The van der Waals surface area contributed by atoms with Crippen molar-refractivity contribution in [2.45, 2.75) is 0 Å². The Morgan fingerprint density at radius 1 is 1.11 bits per heavy atom. The number of carbonyl (C=O) groups is 2. The van der Waals surface area contributed by atoms with Gasteiger partial charge in [0.25, 0.3) is 5.91 Å². The number of rotatable bonds is 3. The topological polar surface area (TPSA) is 112 Å². The Kier molecular flexibility index (Phi) is 3.01. The fraction of sp³-hybridized carbons (Fsp3) is 0. The van der Waals surface area contributed by atoms with Crippen LogP contribution < -0.4 is 11.5 Å². The quantitative estimate of drug-likeness (QED) is 0.756. The van der Waals surface area contributed by atoms with Crippen LogP contribution in [0.4, 0.5) is 5.82 Å². The number of anilines is 1. The van der Waals surface area contributed by atoms with Crippen LogP contribution in [0.3, 0.4) is 0 Å². The number of nitrogen functional groups attached to an aromatic ring is 1. The Hall–Kier alpha value is -2.76. The van der Waals surface area contributed by atoms with E-state index < -0.39 is 5.91 Å². The fourth-order valence-electron chi connectivity index (χ4n) is 1.44. The average molecular weight is 242 g/mol. The smallest absolute Gasteiger partial charge is 0.271 e. The molecule has 1 aromatic heterocycles. The maximum absolute atomic E-state index is 12.0. The van der Waals surface area contributed by atoms with E-state index in [1.54, 1.807) is 30.3 Å². The van der Waals surface area contributed by atoms with Gasteiger partial charge < -0.3 is 11.5 Å². The van der Waals surface area contributed by atoms with Crippen molar-refractivity contribution in [3.63, 3.8) is 0 Å². The van der Waals surface area contributed by atoms with E-state index >= 15 is 0 Å². The van der Waals surface area contributed by atoms with Crippen molar-refractivity contribution < 1.29 is 9.59 Å². The van der Waals surface area contributed by atoms with Crippen LogP contribution in [0.1, 0.15) is 26.5 Å². The first kappa shape index (κ1) is 11.7. The van der Waals surface area contributed by atoms with E-state index in [1.807, 2.05) is 0 Å². The molecule has 0 unspecified atom stereocenters. The summed E-state index contributed by atoms with van der Waals surface area (Å²) in [6.45, 7) is 0. The number of aromatic nitrogens is 2. The second-order valence-corrected chi connectivity index (χ2v) is 3.55. The fourth-order valence-corrected chi connectivity index (χ4v) is 1.44. The summed E-state index contributed by atoms with van der Waals surface area (Å²) in [5.74, 6) is -1.24. The van der Waals surface area contributed by atoms with E-state index in [0.717, 1.165) is 0 Å². The lowest BCUT2D eigenvalue weighted by Gasteiger charge is -2.03. The maximum atomic E-state index is 12.0. The summed E-state index contributed by atoms with van der Waals surface area (Å²) in [4.78, 5) is 30.5. The molecule has 6 heteroatoms. The van der Waals surface area contributed by atoms with Crippen LogP contribution in [0.15, 0.2) is 36.5 Å². The number of nitrogens with two attached hydrogens (primary N) is 2. The molecule has 6 nitrogen and oxygen atoms in total. The van der Waals surface area contributed by atoms with E-state index in [4.69, 9.17) is 11.5 Å². The van der Waals surface area contributed by atoms with Gasteiger partial charge in [0.15, 0.2) is 11.5 Å². The third kappa shape index (κ3) is 2.17. The van der Waals surface area contributed by atoms with Crippen molar-refractivity contribution in [1.82, 2.24) is 9.97 Å². The monoisotopic (exact) mass is 242 g/mol. The largest absolute Gasteiger partial charge is 0.382 e. The predicted molar refractivity (Wildman–Crippen MR) is 64.8 cm³/mol. The van der Waals surface area contributed by atoms with Gasteiger partial charge in [0, 0.05) is 5.56 Å². The molecule has 0 aliphatic rings. The molecule has 18 heavy (non-hydrogen) atoms. The zero-order chi connectivity index (χ0) is 13.1. The molecule has 0 spiro atoms. The number of ketones is 1. The Labute approximate surface area is 103 Å². The number of amides is 1. The summed E-state index contributed by atoms with van der Waals surface area (Å²) in [7, 11) is 0. The molecular formula is C12H10N4O2. The van der Waals surface area contributed by atoms with E-state index in [1.165, 1.54) is 6.20 Å². The van der Waals surface area contributed by atoms with Gasteiger partial charge in [0.05, 0.1) is 6.20 Å². The van der Waals surface area contributed by atoms with Gasteiger partial charge in [-0.1, -0.05) is 30.3 Å². The Morgan fingerprint density at radius 2 is 1.78 bits per heavy atom. The van der Waals surface area contributed by atoms with Crippen molar-refractivity contribution in [3.05, 3.63) is 53.5 Å². The first-order valence-electron chi connectivity index (χ1n) is 5.11. The molecule has 0 bridgehead atoms. The number of hydrogen-bond donors (Lipinski definition) is 2. The molecule has 0 fully saturated rings. The highest BCUT2D eigenvalue weighted by atomic mass is 16.1. The van der Waals surface area contributed by atoms with Gasteiger partial charge in [-0.3, -0.25) is 9.59 Å². The van der Waals surface area contributed by atoms with Crippen LogP contribution in [-0.4, -0.2) is 21.7 Å². The second-order valence-electron chi connectivity index (χ2n) is 3.55. The van der Waals surface area contributed by atoms with Gasteiger partial charge in [0.2, 0.25) is 5.78 Å². The van der Waals surface area contributed by atoms with E-state index in [0.29, 0.717) is 5.56 Å². The molecule has 1 amide bonds. The van der Waals surface area contributed by atoms with Crippen LogP contribution in [0.25, 0.3) is 0 Å². The van der Waals surface area contributed by atoms with Gasteiger partial charge in [-0.25, -0.2) is 9.97 Å². The Morgan fingerprint density at radius 3 is 2.33 bits per heavy atom. The predicted octanol–water partition coefficient (Wildman–Crippen LogP) is 0.389. The average Bonchev–Trinajstić information content (AvgIpc) is 2.38. The van der Waals surface area contributed by atoms with E-state index in [-0.39, 0.29) is 23.0 Å². The highest BCUT2D eigenvalue weighted by molar-refractivity contribution is 6.08. The summed E-state index contributed by atoms with van der Waals surface area (Å²) in [5, 5.41) is 0. The van der Waals surface area contributed by atoms with Crippen LogP contribution in [0.5, 0.6) is 0 Å². The highest BCUT2D eigenvalue weighted by Gasteiger charge is 2.15. The first-order valence-corrected chi connectivity index (χ1v) is 5.11. The minimum Gasteiger partial charge on any atom is -0.382 e. The summed E-state index contributed by atoms with van der Waals surface area (Å²) in [6.07, 6.45) is 1.19. The lowest BCUT2D eigenvalue weighted by Crippen LogP contribution is -2.18. The number of carbonyl (C=O) groups excluding carboxylic acids is 2. The number of benzene rings is 1. The highest BCUT2D eigenvalue weighted by Crippen LogP contribution is 2.10. The molecule has 0 radical (unpaired) electrons. The molecule has 0 saturated carbocycles. The molecule has 4 N–H and O–H groups in total. The Balaban J connectivity index is 2.39. The first-order chi connectivity index (χ1) is 8.59. The zero-order valence-electron chi connectivity index (χ0n) is 9.33. The molecule has 0 saturated heterocycles. The normalized spacial score (nSPS) is 10.0. The van der Waals surface area contributed by atoms with Crippen molar-refractivity contribution in [2.24, 2.45) is 5.73 Å². The molecule has 1 heterocycles. The van der Waals surface area contributed by atoms with Crippen molar-refractivity contribution in [3.8, 4) is 0 Å². The van der Waals surface area contributed by atoms with Crippen molar-refractivity contribution in [1.29, 1.82) is 0 Å². The molecule has 0 aliphatic heterocycles. The summed E-state index contributed by atoms with van der Waals surface area (Å²) in [6, 6.07) is 8.58. The van der Waals surface area contributed by atoms with Gasteiger partial charge in [-0.15, -0.1) is 0 Å². The molecular weight excluding hydrogens is 232 g/mol. The van der Waals surface area contributed by atoms with Gasteiger partial charge in [-0.2, -0.15) is 0 Å². The lowest BCUT2D eigenvalue weighted by atomic mass is 10.1. The summed E-state index contributed by atoms with van der Waals surface area (Å²) < 4.78 is 0. The van der Waals surface area contributed by atoms with Gasteiger partial charge in [-0.05, 0) is 0 Å². The minimum atomic E-state index is -0.779. The van der Waals surface area contributed by atoms with E-state index in [9.17, 15) is 9.59 Å². The molecule has 2 aromatic rings. The van der Waals surface area contributed by atoms with Crippen LogP contribution >= 0.6 is 0 Å². The minimum absolute atomic E-state index is 0.0729. The van der Waals surface area contributed by atoms with Crippen LogP contribution in [0, 0.1) is 0 Å². The molecule has 0 atom stereocenters. The maximum Gasteiger partial charge on any atom is 0.271 e. The molecule has 90 valence electrons. The van der Waals surface area contributed by atoms with Crippen LogP contribution in [0.2, 0.25) is 0 Å². The number of nitrogens with zero attached hydrogens (tertiary/aromatic N) is 2. The molecule has 1 aromatic carbocycles. The number of hydrogen-bond acceptors (Lipinski definition) is 5. The third-order valence-electron chi connectivity index (χ3n) is 2.30. The van der Waals surface area contributed by atoms with Gasteiger partial charge in [0.1, 0.15) is 5.69 Å². The SMILES string of the molecule is NC(=O)c1ncc(C(=O)c2ccccc2)nc1N. The lowest BCUT2D eigenvalue weighted by molar-refractivity contribution is 0.0991. The second kappa shape index (κ2) is 4.62. The summed E-state index contributed by atoms with van der Waals surface area (Å²) >= 11 is 0. The van der Waals surface area contributed by atoms with Crippen molar-refractivity contribution in [2.75, 3.05) is 5.73 Å². The van der Waals surface area contributed by atoms with Crippen LogP contribution in [-0.2, 0) is 0 Å². The number of primary amides is 1. The summed E-state index contributed by atoms with van der Waals surface area (Å²) in [5.41, 5.74) is 11.0. The standard InChI is InChI=1S/C12H10N4O2/c13-11-9(12(14)18)15-6-8(16-11)10(17)7-4-2-1-3-5-7/h1-6H,(H2,13,16)(H2,14,18). The molecule has 2 rings (SSSR count).